The van der Waals surface area contributed by atoms with Gasteiger partial charge in [0.25, 0.3) is 0 Å². The van der Waals surface area contributed by atoms with Crippen LogP contribution in [0.4, 0.5) is 4.39 Å². The molecule has 0 aliphatic heterocycles. The van der Waals surface area contributed by atoms with Gasteiger partial charge in [-0.25, -0.2) is 4.39 Å². The van der Waals surface area contributed by atoms with Gasteiger partial charge in [0.1, 0.15) is 5.82 Å². The van der Waals surface area contributed by atoms with E-state index in [1.165, 1.54) is 23.3 Å². The molecule has 1 unspecified atom stereocenters. The molecule has 0 spiro atoms. The summed E-state index contributed by atoms with van der Waals surface area (Å²) in [5.41, 5.74) is 3.37. The molecule has 0 saturated carbocycles. The van der Waals surface area contributed by atoms with Gasteiger partial charge in [0.15, 0.2) is 0 Å². The van der Waals surface area contributed by atoms with Crippen LogP contribution in [0, 0.1) is 12.7 Å². The van der Waals surface area contributed by atoms with Crippen molar-refractivity contribution in [3.05, 3.63) is 70.0 Å². The lowest BCUT2D eigenvalue weighted by Crippen LogP contribution is -2.17. The summed E-state index contributed by atoms with van der Waals surface area (Å²) in [7, 11) is 1.88. The van der Waals surface area contributed by atoms with Gasteiger partial charge in [-0.05, 0) is 56.1 Å². The average molecular weight is 292 g/mol. The maximum absolute atomic E-state index is 13.4. The van der Waals surface area contributed by atoms with Crippen molar-refractivity contribution in [1.29, 1.82) is 0 Å². The summed E-state index contributed by atoms with van der Waals surface area (Å²) in [4.78, 5) is 0. The van der Waals surface area contributed by atoms with E-state index in [0.29, 0.717) is 5.02 Å². The Bertz CT molecular complexity index is 583. The molecule has 0 amide bonds. The second kappa shape index (κ2) is 6.87. The Morgan fingerprint density at radius 3 is 2.70 bits per heavy atom. The minimum absolute atomic E-state index is 0.0544. The maximum atomic E-state index is 13.4. The third kappa shape index (κ3) is 3.81. The van der Waals surface area contributed by atoms with Crippen molar-refractivity contribution in [1.82, 2.24) is 5.32 Å². The topological polar surface area (TPSA) is 12.0 Å². The monoisotopic (exact) mass is 291 g/mol. The second-order valence-corrected chi connectivity index (χ2v) is 5.44. The first-order valence-electron chi connectivity index (χ1n) is 6.78. The van der Waals surface area contributed by atoms with E-state index in [4.69, 9.17) is 11.6 Å². The van der Waals surface area contributed by atoms with Gasteiger partial charge < -0.3 is 5.32 Å². The van der Waals surface area contributed by atoms with Crippen LogP contribution in [0.25, 0.3) is 0 Å². The molecule has 2 rings (SSSR count). The lowest BCUT2D eigenvalue weighted by Gasteiger charge is -2.18. The zero-order chi connectivity index (χ0) is 14.5. The predicted molar refractivity (Wildman–Crippen MR) is 82.7 cm³/mol. The first-order valence-corrected chi connectivity index (χ1v) is 7.15. The molecule has 1 atom stereocenters. The first kappa shape index (κ1) is 15.0. The molecular formula is C17H19ClFN. The molecule has 20 heavy (non-hydrogen) atoms. The van der Waals surface area contributed by atoms with Crippen LogP contribution < -0.4 is 5.32 Å². The number of halogens is 2. The molecule has 0 fully saturated rings. The Labute approximate surface area is 124 Å². The SMILES string of the molecule is CNC(CCc1cccc(C)c1)c1cc(F)ccc1Cl. The van der Waals surface area contributed by atoms with Gasteiger partial charge in [0, 0.05) is 11.1 Å². The highest BCUT2D eigenvalue weighted by Crippen LogP contribution is 2.27. The Morgan fingerprint density at radius 2 is 2.00 bits per heavy atom. The molecule has 1 nitrogen and oxygen atoms in total. The van der Waals surface area contributed by atoms with Gasteiger partial charge in [-0.2, -0.15) is 0 Å². The quantitative estimate of drug-likeness (QED) is 0.843. The first-order chi connectivity index (χ1) is 9.60. The molecule has 0 radical (unpaired) electrons. The molecule has 2 aromatic rings. The van der Waals surface area contributed by atoms with E-state index >= 15 is 0 Å². The number of hydrogen-bond donors (Lipinski definition) is 1. The Hall–Kier alpha value is -1.38. The van der Waals surface area contributed by atoms with Crippen LogP contribution in [0.15, 0.2) is 42.5 Å². The molecule has 0 saturated heterocycles. The highest BCUT2D eigenvalue weighted by Gasteiger charge is 2.14. The minimum Gasteiger partial charge on any atom is -0.313 e. The molecule has 0 aromatic heterocycles. The number of hydrogen-bond acceptors (Lipinski definition) is 1. The Kier molecular flexibility index (Phi) is 5.16. The molecule has 0 bridgehead atoms. The molecule has 0 aliphatic rings. The van der Waals surface area contributed by atoms with Crippen LogP contribution >= 0.6 is 11.6 Å². The van der Waals surface area contributed by atoms with E-state index in [1.807, 2.05) is 7.05 Å². The van der Waals surface area contributed by atoms with Crippen molar-refractivity contribution in [3.8, 4) is 0 Å². The maximum Gasteiger partial charge on any atom is 0.123 e. The molecular weight excluding hydrogens is 273 g/mol. The summed E-state index contributed by atoms with van der Waals surface area (Å²) in [6.07, 6.45) is 1.81. The zero-order valence-electron chi connectivity index (χ0n) is 11.8. The van der Waals surface area contributed by atoms with Gasteiger partial charge >= 0.3 is 0 Å². The molecule has 0 heterocycles. The zero-order valence-corrected chi connectivity index (χ0v) is 12.5. The van der Waals surface area contributed by atoms with Crippen molar-refractivity contribution < 1.29 is 4.39 Å². The van der Waals surface area contributed by atoms with Gasteiger partial charge in [-0.15, -0.1) is 0 Å². The van der Waals surface area contributed by atoms with Crippen LogP contribution in [0.2, 0.25) is 5.02 Å². The highest BCUT2D eigenvalue weighted by molar-refractivity contribution is 6.31. The van der Waals surface area contributed by atoms with Gasteiger partial charge in [0.2, 0.25) is 0 Å². The van der Waals surface area contributed by atoms with E-state index < -0.39 is 0 Å². The van der Waals surface area contributed by atoms with Crippen LogP contribution in [-0.2, 0) is 6.42 Å². The number of nitrogens with one attached hydrogen (secondary N) is 1. The fourth-order valence-corrected chi connectivity index (χ4v) is 2.66. The number of rotatable bonds is 5. The summed E-state index contributed by atoms with van der Waals surface area (Å²) in [6, 6.07) is 13.0. The number of benzene rings is 2. The molecule has 0 aliphatic carbocycles. The van der Waals surface area contributed by atoms with Crippen molar-refractivity contribution >= 4 is 11.6 Å². The lowest BCUT2D eigenvalue weighted by atomic mass is 9.98. The van der Waals surface area contributed by atoms with E-state index in [2.05, 4.69) is 36.5 Å². The molecule has 3 heteroatoms. The van der Waals surface area contributed by atoms with Crippen LogP contribution in [0.5, 0.6) is 0 Å². The Balaban J connectivity index is 2.11. The highest BCUT2D eigenvalue weighted by atomic mass is 35.5. The van der Waals surface area contributed by atoms with Crippen molar-refractivity contribution in [2.45, 2.75) is 25.8 Å². The largest absolute Gasteiger partial charge is 0.313 e. The fraction of sp³-hybridized carbons (Fsp3) is 0.294. The van der Waals surface area contributed by atoms with Crippen LogP contribution in [0.3, 0.4) is 0 Å². The van der Waals surface area contributed by atoms with E-state index in [9.17, 15) is 4.39 Å². The average Bonchev–Trinajstić information content (AvgIpc) is 2.43. The normalized spacial score (nSPS) is 12.4. The van der Waals surface area contributed by atoms with Gasteiger partial charge in [0.05, 0.1) is 0 Å². The fourth-order valence-electron chi connectivity index (χ4n) is 2.42. The minimum atomic E-state index is -0.250. The molecule has 106 valence electrons. The third-order valence-electron chi connectivity index (χ3n) is 3.49. The lowest BCUT2D eigenvalue weighted by molar-refractivity contribution is 0.542. The van der Waals surface area contributed by atoms with Crippen LogP contribution in [-0.4, -0.2) is 7.05 Å². The van der Waals surface area contributed by atoms with Gasteiger partial charge in [-0.1, -0.05) is 41.4 Å². The van der Waals surface area contributed by atoms with E-state index in [1.54, 1.807) is 6.07 Å². The molecule has 2 aromatic carbocycles. The standard InChI is InChI=1S/C17H19ClFN/c1-12-4-3-5-13(10-12)6-9-17(20-2)15-11-14(19)7-8-16(15)18/h3-5,7-8,10-11,17,20H,6,9H2,1-2H3. The summed E-state index contributed by atoms with van der Waals surface area (Å²) >= 11 is 6.17. The summed E-state index contributed by atoms with van der Waals surface area (Å²) < 4.78 is 13.4. The molecule has 1 N–H and O–H groups in total. The predicted octanol–water partition coefficient (Wildman–Crippen LogP) is 4.68. The van der Waals surface area contributed by atoms with Crippen molar-refractivity contribution in [2.24, 2.45) is 0 Å². The third-order valence-corrected chi connectivity index (χ3v) is 3.83. The summed E-state index contributed by atoms with van der Waals surface area (Å²) in [5.74, 6) is -0.250. The van der Waals surface area contributed by atoms with E-state index in [-0.39, 0.29) is 11.9 Å². The summed E-state index contributed by atoms with van der Waals surface area (Å²) in [6.45, 7) is 2.09. The van der Waals surface area contributed by atoms with Crippen molar-refractivity contribution in [3.63, 3.8) is 0 Å². The van der Waals surface area contributed by atoms with Crippen molar-refractivity contribution in [2.75, 3.05) is 7.05 Å². The van der Waals surface area contributed by atoms with E-state index in [0.717, 1.165) is 18.4 Å². The van der Waals surface area contributed by atoms with Gasteiger partial charge in [-0.3, -0.25) is 0 Å². The second-order valence-electron chi connectivity index (χ2n) is 5.03. The number of aryl methyl sites for hydroxylation is 2. The van der Waals surface area contributed by atoms with Crippen LogP contribution in [0.1, 0.15) is 29.2 Å². The smallest absolute Gasteiger partial charge is 0.123 e. The Morgan fingerprint density at radius 1 is 1.20 bits per heavy atom. The summed E-state index contributed by atoms with van der Waals surface area (Å²) in [5, 5.41) is 3.83.